The molecule has 0 N–H and O–H groups in total. The first-order chi connectivity index (χ1) is 6.85. The number of unbranched alkanes of at least 4 members (excludes halogenated alkanes) is 1. The van der Waals surface area contributed by atoms with Gasteiger partial charge >= 0.3 is 5.97 Å². The van der Waals surface area contributed by atoms with Gasteiger partial charge in [-0.15, -0.1) is 0 Å². The highest BCUT2D eigenvalue weighted by atomic mass is 79.9. The standard InChI is InChI=1S/C12H23BrO2/c1-5-10(13)8-6-7-9-11(14)15-12(2,3)4/h10H,5-9H2,1-4H3. The number of rotatable bonds is 6. The molecule has 0 radical (unpaired) electrons. The topological polar surface area (TPSA) is 26.3 Å². The van der Waals surface area contributed by atoms with E-state index in [0.29, 0.717) is 11.2 Å². The van der Waals surface area contributed by atoms with E-state index in [1.165, 1.54) is 0 Å². The fraction of sp³-hybridized carbons (Fsp3) is 0.917. The molecule has 1 unspecified atom stereocenters. The van der Waals surface area contributed by atoms with E-state index in [2.05, 4.69) is 22.9 Å². The molecule has 2 nitrogen and oxygen atoms in total. The monoisotopic (exact) mass is 278 g/mol. The molecule has 0 aliphatic heterocycles. The molecule has 0 saturated carbocycles. The van der Waals surface area contributed by atoms with Crippen molar-refractivity contribution in [3.05, 3.63) is 0 Å². The molecule has 0 aromatic carbocycles. The van der Waals surface area contributed by atoms with E-state index >= 15 is 0 Å². The number of esters is 1. The Morgan fingerprint density at radius 1 is 1.33 bits per heavy atom. The summed E-state index contributed by atoms with van der Waals surface area (Å²) in [4.78, 5) is 11.9. The lowest BCUT2D eigenvalue weighted by Gasteiger charge is -2.19. The predicted molar refractivity (Wildman–Crippen MR) is 67.3 cm³/mol. The minimum absolute atomic E-state index is 0.0786. The third-order valence-corrected chi connectivity index (χ3v) is 3.12. The van der Waals surface area contributed by atoms with Gasteiger partial charge in [0.1, 0.15) is 5.60 Å². The zero-order valence-electron chi connectivity index (χ0n) is 10.3. The summed E-state index contributed by atoms with van der Waals surface area (Å²) in [7, 11) is 0. The molecule has 0 aromatic heterocycles. The van der Waals surface area contributed by atoms with Crippen LogP contribution in [0.4, 0.5) is 0 Å². The summed E-state index contributed by atoms with van der Waals surface area (Å²) in [5.41, 5.74) is -0.349. The summed E-state index contributed by atoms with van der Waals surface area (Å²) in [5.74, 6) is -0.0786. The minimum Gasteiger partial charge on any atom is -0.460 e. The van der Waals surface area contributed by atoms with E-state index in [1.807, 2.05) is 20.8 Å². The van der Waals surface area contributed by atoms with Gasteiger partial charge in [0.15, 0.2) is 0 Å². The first-order valence-corrected chi connectivity index (χ1v) is 6.62. The maximum atomic E-state index is 11.3. The number of carbonyl (C=O) groups is 1. The molecule has 0 heterocycles. The quantitative estimate of drug-likeness (QED) is 0.416. The maximum Gasteiger partial charge on any atom is 0.306 e. The van der Waals surface area contributed by atoms with Crippen molar-refractivity contribution in [2.75, 3.05) is 0 Å². The van der Waals surface area contributed by atoms with Crippen LogP contribution in [-0.4, -0.2) is 16.4 Å². The van der Waals surface area contributed by atoms with Gasteiger partial charge in [-0.05, 0) is 40.0 Å². The van der Waals surface area contributed by atoms with Crippen LogP contribution in [0.25, 0.3) is 0 Å². The summed E-state index contributed by atoms with van der Waals surface area (Å²) in [6.07, 6.45) is 4.84. The molecule has 3 heteroatoms. The Balaban J connectivity index is 3.48. The van der Waals surface area contributed by atoms with Crippen LogP contribution in [0.2, 0.25) is 0 Å². The van der Waals surface area contributed by atoms with Crippen molar-refractivity contribution in [2.45, 2.75) is 70.2 Å². The molecule has 0 fully saturated rings. The lowest BCUT2D eigenvalue weighted by molar-refractivity contribution is -0.154. The Kier molecular flexibility index (Phi) is 7.24. The fourth-order valence-electron chi connectivity index (χ4n) is 1.23. The van der Waals surface area contributed by atoms with Gasteiger partial charge in [-0.2, -0.15) is 0 Å². The highest BCUT2D eigenvalue weighted by molar-refractivity contribution is 9.09. The molecular weight excluding hydrogens is 256 g/mol. The third kappa shape index (κ3) is 10.2. The Labute approximate surface area is 102 Å². The largest absolute Gasteiger partial charge is 0.460 e. The van der Waals surface area contributed by atoms with Gasteiger partial charge in [-0.1, -0.05) is 29.3 Å². The van der Waals surface area contributed by atoms with Crippen LogP contribution in [0.1, 0.15) is 59.8 Å². The van der Waals surface area contributed by atoms with Crippen molar-refractivity contribution in [1.29, 1.82) is 0 Å². The van der Waals surface area contributed by atoms with Gasteiger partial charge in [-0.25, -0.2) is 0 Å². The van der Waals surface area contributed by atoms with Gasteiger partial charge in [0, 0.05) is 11.2 Å². The first-order valence-electron chi connectivity index (χ1n) is 5.71. The van der Waals surface area contributed by atoms with Gasteiger partial charge in [0.05, 0.1) is 0 Å². The normalized spacial score (nSPS) is 13.7. The summed E-state index contributed by atoms with van der Waals surface area (Å²) < 4.78 is 5.22. The van der Waals surface area contributed by atoms with Gasteiger partial charge in [0.25, 0.3) is 0 Å². The summed E-state index contributed by atoms with van der Waals surface area (Å²) in [6, 6.07) is 0. The van der Waals surface area contributed by atoms with Crippen LogP contribution < -0.4 is 0 Å². The number of carbonyl (C=O) groups excluding carboxylic acids is 1. The van der Waals surface area contributed by atoms with Gasteiger partial charge < -0.3 is 4.74 Å². The molecule has 15 heavy (non-hydrogen) atoms. The van der Waals surface area contributed by atoms with Crippen LogP contribution in [-0.2, 0) is 9.53 Å². The van der Waals surface area contributed by atoms with Crippen LogP contribution in [0, 0.1) is 0 Å². The van der Waals surface area contributed by atoms with Crippen molar-refractivity contribution in [2.24, 2.45) is 0 Å². The Morgan fingerprint density at radius 2 is 1.93 bits per heavy atom. The van der Waals surface area contributed by atoms with Gasteiger partial charge in [-0.3, -0.25) is 4.79 Å². The second kappa shape index (κ2) is 7.26. The Morgan fingerprint density at radius 3 is 2.40 bits per heavy atom. The zero-order valence-corrected chi connectivity index (χ0v) is 11.9. The summed E-state index contributed by atoms with van der Waals surface area (Å²) in [6.45, 7) is 7.86. The van der Waals surface area contributed by atoms with Crippen molar-refractivity contribution in [1.82, 2.24) is 0 Å². The minimum atomic E-state index is -0.349. The van der Waals surface area contributed by atoms with Crippen LogP contribution in [0.5, 0.6) is 0 Å². The van der Waals surface area contributed by atoms with Crippen LogP contribution in [0.15, 0.2) is 0 Å². The molecule has 0 aromatic rings. The number of alkyl halides is 1. The van der Waals surface area contributed by atoms with E-state index in [0.717, 1.165) is 25.7 Å². The second-order valence-corrected chi connectivity index (χ2v) is 6.13. The molecule has 0 saturated heterocycles. The SMILES string of the molecule is CCC(Br)CCCCC(=O)OC(C)(C)C. The molecule has 0 rings (SSSR count). The second-order valence-electron chi connectivity index (χ2n) is 4.84. The van der Waals surface area contributed by atoms with Gasteiger partial charge in [0.2, 0.25) is 0 Å². The molecule has 0 bridgehead atoms. The molecule has 1 atom stereocenters. The Hall–Kier alpha value is -0.0500. The third-order valence-electron chi connectivity index (χ3n) is 2.01. The molecular formula is C12H23BrO2. The molecule has 0 aliphatic carbocycles. The molecule has 0 spiro atoms. The average Bonchev–Trinajstić information content (AvgIpc) is 2.09. The van der Waals surface area contributed by atoms with Crippen molar-refractivity contribution >= 4 is 21.9 Å². The van der Waals surface area contributed by atoms with Crippen LogP contribution in [0.3, 0.4) is 0 Å². The van der Waals surface area contributed by atoms with E-state index in [-0.39, 0.29) is 11.6 Å². The highest BCUT2D eigenvalue weighted by Gasteiger charge is 2.15. The smallest absolute Gasteiger partial charge is 0.306 e. The van der Waals surface area contributed by atoms with E-state index < -0.39 is 0 Å². The fourth-order valence-corrected chi connectivity index (χ4v) is 1.56. The van der Waals surface area contributed by atoms with E-state index in [9.17, 15) is 4.79 Å². The molecule has 0 aliphatic rings. The lowest BCUT2D eigenvalue weighted by Crippen LogP contribution is -2.23. The number of ether oxygens (including phenoxy) is 1. The molecule has 0 amide bonds. The van der Waals surface area contributed by atoms with E-state index in [4.69, 9.17) is 4.74 Å². The number of hydrogen-bond acceptors (Lipinski definition) is 2. The van der Waals surface area contributed by atoms with Crippen LogP contribution >= 0.6 is 15.9 Å². The Bertz CT molecular complexity index is 185. The van der Waals surface area contributed by atoms with Crippen molar-refractivity contribution < 1.29 is 9.53 Å². The summed E-state index contributed by atoms with van der Waals surface area (Å²) in [5, 5.41) is 0. The zero-order chi connectivity index (χ0) is 11.9. The highest BCUT2D eigenvalue weighted by Crippen LogP contribution is 2.15. The van der Waals surface area contributed by atoms with Crippen molar-refractivity contribution in [3.63, 3.8) is 0 Å². The number of hydrogen-bond donors (Lipinski definition) is 0. The maximum absolute atomic E-state index is 11.3. The average molecular weight is 279 g/mol. The number of halogens is 1. The lowest BCUT2D eigenvalue weighted by atomic mass is 10.1. The molecule has 90 valence electrons. The van der Waals surface area contributed by atoms with Crippen molar-refractivity contribution in [3.8, 4) is 0 Å². The van der Waals surface area contributed by atoms with E-state index in [1.54, 1.807) is 0 Å². The summed E-state index contributed by atoms with van der Waals surface area (Å²) >= 11 is 3.58. The first kappa shape index (κ1) is 14.9. The predicted octanol–water partition coefficient (Wildman–Crippen LogP) is 4.06.